The van der Waals surface area contributed by atoms with Crippen molar-refractivity contribution in [2.24, 2.45) is 0 Å². The number of carbonyl (C=O) groups excluding carboxylic acids is 1. The van der Waals surface area contributed by atoms with Gasteiger partial charge in [0.15, 0.2) is 0 Å². The van der Waals surface area contributed by atoms with Crippen LogP contribution in [0.25, 0.3) is 0 Å². The maximum absolute atomic E-state index is 12.5. The first-order valence-corrected chi connectivity index (χ1v) is 6.52. The number of rotatable bonds is 6. The topological polar surface area (TPSA) is 52.6 Å². The smallest absolute Gasteiger partial charge is 0.256 e. The fourth-order valence-corrected chi connectivity index (χ4v) is 2.11. The van der Waals surface area contributed by atoms with E-state index < -0.39 is 0 Å². The van der Waals surface area contributed by atoms with Crippen molar-refractivity contribution in [3.05, 3.63) is 29.8 Å². The summed E-state index contributed by atoms with van der Waals surface area (Å²) in [6.07, 6.45) is 2.10. The molecule has 2 N–H and O–H groups in total. The summed E-state index contributed by atoms with van der Waals surface area (Å²) in [5.74, 6) is 0.0168. The number of aliphatic hydroxyl groups is 1. The third-order valence-electron chi connectivity index (χ3n) is 3.11. The minimum Gasteiger partial charge on any atom is -0.395 e. The van der Waals surface area contributed by atoms with Crippen LogP contribution >= 0.6 is 0 Å². The van der Waals surface area contributed by atoms with E-state index in [4.69, 9.17) is 5.11 Å². The first-order valence-electron chi connectivity index (χ1n) is 6.52. The van der Waals surface area contributed by atoms with E-state index in [1.165, 1.54) is 0 Å². The number of benzene rings is 1. The van der Waals surface area contributed by atoms with Gasteiger partial charge in [-0.25, -0.2) is 0 Å². The molecule has 0 heterocycles. The summed E-state index contributed by atoms with van der Waals surface area (Å²) in [6, 6.07) is 7.87. The van der Waals surface area contributed by atoms with Crippen LogP contribution < -0.4 is 5.32 Å². The van der Waals surface area contributed by atoms with E-state index in [0.29, 0.717) is 18.2 Å². The second-order valence-corrected chi connectivity index (χ2v) is 4.53. The Morgan fingerprint density at radius 3 is 2.78 bits per heavy atom. The molecular formula is C14H20N2O2. The number of nitrogens with zero attached hydrogens (tertiary/aromatic N) is 1. The molecule has 0 atom stereocenters. The normalized spacial score (nSPS) is 14.3. The van der Waals surface area contributed by atoms with Crippen LogP contribution in [0.5, 0.6) is 0 Å². The molecule has 0 aliphatic heterocycles. The van der Waals surface area contributed by atoms with Gasteiger partial charge in [-0.3, -0.25) is 4.79 Å². The highest BCUT2D eigenvalue weighted by Gasteiger charge is 2.33. The third-order valence-corrected chi connectivity index (χ3v) is 3.11. The largest absolute Gasteiger partial charge is 0.395 e. The fourth-order valence-electron chi connectivity index (χ4n) is 2.11. The summed E-state index contributed by atoms with van der Waals surface area (Å²) in [7, 11) is 0. The molecule has 1 aromatic rings. The molecule has 0 saturated heterocycles. The summed E-state index contributed by atoms with van der Waals surface area (Å²) in [4.78, 5) is 14.3. The molecule has 1 fully saturated rings. The number of anilines is 1. The lowest BCUT2D eigenvalue weighted by Crippen LogP contribution is -2.35. The number of aliphatic hydroxyl groups excluding tert-OH is 1. The highest BCUT2D eigenvalue weighted by molar-refractivity contribution is 5.99. The zero-order valence-corrected chi connectivity index (χ0v) is 10.7. The molecule has 1 aromatic carbocycles. The van der Waals surface area contributed by atoms with E-state index in [1.807, 2.05) is 31.2 Å². The second-order valence-electron chi connectivity index (χ2n) is 4.53. The lowest BCUT2D eigenvalue weighted by Gasteiger charge is -2.22. The molecule has 0 radical (unpaired) electrons. The molecule has 1 aliphatic rings. The highest BCUT2D eigenvalue weighted by atomic mass is 16.3. The van der Waals surface area contributed by atoms with Gasteiger partial charge in [0.05, 0.1) is 12.2 Å². The van der Waals surface area contributed by atoms with E-state index in [-0.39, 0.29) is 12.5 Å². The molecular weight excluding hydrogens is 228 g/mol. The monoisotopic (exact) mass is 248 g/mol. The Morgan fingerprint density at radius 1 is 1.44 bits per heavy atom. The molecule has 4 nitrogen and oxygen atoms in total. The number of hydrogen-bond acceptors (Lipinski definition) is 3. The Bertz CT molecular complexity index is 416. The molecule has 0 bridgehead atoms. The minimum atomic E-state index is 0.0168. The van der Waals surface area contributed by atoms with Crippen molar-refractivity contribution in [3.8, 4) is 0 Å². The molecule has 98 valence electrons. The van der Waals surface area contributed by atoms with Crippen LogP contribution in [-0.2, 0) is 0 Å². The van der Waals surface area contributed by atoms with Gasteiger partial charge < -0.3 is 15.3 Å². The molecule has 1 amide bonds. The molecule has 2 rings (SSSR count). The number of nitrogens with one attached hydrogen (secondary N) is 1. The summed E-state index contributed by atoms with van der Waals surface area (Å²) >= 11 is 0. The maximum Gasteiger partial charge on any atom is 0.256 e. The highest BCUT2D eigenvalue weighted by Crippen LogP contribution is 2.29. The molecule has 18 heavy (non-hydrogen) atoms. The summed E-state index contributed by atoms with van der Waals surface area (Å²) in [5, 5.41) is 12.3. The van der Waals surface area contributed by atoms with Crippen molar-refractivity contribution in [2.45, 2.75) is 25.8 Å². The van der Waals surface area contributed by atoms with Gasteiger partial charge in [-0.15, -0.1) is 0 Å². The summed E-state index contributed by atoms with van der Waals surface area (Å²) in [5.41, 5.74) is 1.56. The van der Waals surface area contributed by atoms with Gasteiger partial charge in [0.1, 0.15) is 0 Å². The van der Waals surface area contributed by atoms with Gasteiger partial charge in [-0.1, -0.05) is 12.1 Å². The van der Waals surface area contributed by atoms with Gasteiger partial charge in [0, 0.05) is 24.8 Å². The lowest BCUT2D eigenvalue weighted by molar-refractivity contribution is 0.0708. The van der Waals surface area contributed by atoms with Crippen LogP contribution in [0.15, 0.2) is 24.3 Å². The van der Waals surface area contributed by atoms with Gasteiger partial charge in [-0.05, 0) is 31.9 Å². The van der Waals surface area contributed by atoms with Crippen LogP contribution in [0.4, 0.5) is 5.69 Å². The van der Waals surface area contributed by atoms with Crippen molar-refractivity contribution < 1.29 is 9.90 Å². The zero-order valence-electron chi connectivity index (χ0n) is 10.7. The molecule has 4 heteroatoms. The average molecular weight is 248 g/mol. The van der Waals surface area contributed by atoms with Gasteiger partial charge in [0.2, 0.25) is 0 Å². The van der Waals surface area contributed by atoms with Gasteiger partial charge in [0.25, 0.3) is 5.91 Å². The van der Waals surface area contributed by atoms with Crippen LogP contribution in [0, 0.1) is 0 Å². The Labute approximate surface area is 108 Å². The van der Waals surface area contributed by atoms with Crippen LogP contribution in [0.2, 0.25) is 0 Å². The second kappa shape index (κ2) is 5.87. The molecule has 1 saturated carbocycles. The van der Waals surface area contributed by atoms with Gasteiger partial charge in [-0.2, -0.15) is 0 Å². The summed E-state index contributed by atoms with van der Waals surface area (Å²) in [6.45, 7) is 3.23. The Morgan fingerprint density at radius 2 is 2.17 bits per heavy atom. The zero-order chi connectivity index (χ0) is 13.0. The van der Waals surface area contributed by atoms with Crippen LogP contribution in [0.1, 0.15) is 30.1 Å². The van der Waals surface area contributed by atoms with E-state index in [9.17, 15) is 4.79 Å². The lowest BCUT2D eigenvalue weighted by atomic mass is 10.1. The van der Waals surface area contributed by atoms with Crippen molar-refractivity contribution in [3.63, 3.8) is 0 Å². The van der Waals surface area contributed by atoms with Crippen LogP contribution in [0.3, 0.4) is 0 Å². The molecule has 1 aliphatic carbocycles. The third kappa shape index (κ3) is 2.82. The maximum atomic E-state index is 12.5. The minimum absolute atomic E-state index is 0.0168. The SMILES string of the molecule is CCNc1ccccc1C(=O)N(CCO)C1CC1. The first-order chi connectivity index (χ1) is 8.77. The van der Waals surface area contributed by atoms with Crippen LogP contribution in [-0.4, -0.2) is 41.7 Å². The van der Waals surface area contributed by atoms with E-state index in [1.54, 1.807) is 4.90 Å². The van der Waals surface area contributed by atoms with E-state index in [0.717, 1.165) is 25.1 Å². The van der Waals surface area contributed by atoms with Crippen molar-refractivity contribution in [2.75, 3.05) is 25.0 Å². The molecule has 0 aromatic heterocycles. The van der Waals surface area contributed by atoms with Crippen molar-refractivity contribution in [1.82, 2.24) is 4.90 Å². The van der Waals surface area contributed by atoms with Crippen molar-refractivity contribution >= 4 is 11.6 Å². The first kappa shape index (κ1) is 12.9. The number of carbonyl (C=O) groups is 1. The Kier molecular flexibility index (Phi) is 4.20. The predicted octanol–water partition coefficient (Wildman–Crippen LogP) is 1.72. The van der Waals surface area contributed by atoms with Gasteiger partial charge >= 0.3 is 0 Å². The Balaban J connectivity index is 2.20. The number of hydrogen-bond donors (Lipinski definition) is 2. The van der Waals surface area contributed by atoms with E-state index >= 15 is 0 Å². The van der Waals surface area contributed by atoms with E-state index in [2.05, 4.69) is 5.32 Å². The predicted molar refractivity (Wildman–Crippen MR) is 71.8 cm³/mol. The molecule has 0 spiro atoms. The number of para-hydroxylation sites is 1. The standard InChI is InChI=1S/C14H20N2O2/c1-2-15-13-6-4-3-5-12(13)14(18)16(9-10-17)11-7-8-11/h3-6,11,15,17H,2,7-10H2,1H3. The quantitative estimate of drug-likeness (QED) is 0.806. The Hall–Kier alpha value is -1.55. The van der Waals surface area contributed by atoms with Crippen molar-refractivity contribution in [1.29, 1.82) is 0 Å². The number of amides is 1. The summed E-state index contributed by atoms with van der Waals surface area (Å²) < 4.78 is 0. The molecule has 0 unspecified atom stereocenters. The fraction of sp³-hybridized carbons (Fsp3) is 0.500. The average Bonchev–Trinajstić information content (AvgIpc) is 3.20.